The molecule has 2 aromatic rings. The first-order chi connectivity index (χ1) is 13.0. The summed E-state index contributed by atoms with van der Waals surface area (Å²) >= 11 is 3.41. The second-order valence-corrected chi connectivity index (χ2v) is 7.09. The van der Waals surface area contributed by atoms with E-state index in [0.717, 1.165) is 27.1 Å². The van der Waals surface area contributed by atoms with Crippen LogP contribution in [-0.2, 0) is 9.59 Å². The smallest absolute Gasteiger partial charge is 0.303 e. The van der Waals surface area contributed by atoms with Gasteiger partial charge in [-0.25, -0.2) is 5.01 Å². The van der Waals surface area contributed by atoms with Crippen LogP contribution in [0.4, 0.5) is 0 Å². The zero-order valence-electron chi connectivity index (χ0n) is 14.8. The van der Waals surface area contributed by atoms with Crippen LogP contribution in [-0.4, -0.2) is 34.8 Å². The summed E-state index contributed by atoms with van der Waals surface area (Å²) in [5.74, 6) is -0.569. The van der Waals surface area contributed by atoms with Gasteiger partial charge in [-0.15, -0.1) is 0 Å². The molecule has 0 aliphatic carbocycles. The summed E-state index contributed by atoms with van der Waals surface area (Å²) in [6, 6.07) is 15.0. The molecule has 0 saturated carbocycles. The molecule has 3 rings (SSSR count). The molecule has 27 heavy (non-hydrogen) atoms. The van der Waals surface area contributed by atoms with E-state index in [1.54, 1.807) is 7.11 Å². The maximum Gasteiger partial charge on any atom is 0.303 e. The molecule has 140 valence electrons. The molecular formula is C20H19BrN2O4. The van der Waals surface area contributed by atoms with Crippen molar-refractivity contribution in [3.8, 4) is 5.75 Å². The lowest BCUT2D eigenvalue weighted by Gasteiger charge is -2.22. The molecule has 0 unspecified atom stereocenters. The number of hydrogen-bond donors (Lipinski definition) is 1. The standard InChI is InChI=1S/C20H19BrN2O4/c1-27-16-8-4-14(5-9-16)18-12-17(13-2-6-15(21)7-3-13)22-23(18)19(24)10-11-20(25)26/h2-9,18H,10-12H2,1H3,(H,25,26)/t18-/m1/s1. The highest BCUT2D eigenvalue weighted by atomic mass is 79.9. The second-order valence-electron chi connectivity index (χ2n) is 6.18. The average molecular weight is 431 g/mol. The Morgan fingerprint density at radius 2 is 1.81 bits per heavy atom. The fourth-order valence-corrected chi connectivity index (χ4v) is 3.24. The number of rotatable bonds is 6. The number of hydrazone groups is 1. The zero-order chi connectivity index (χ0) is 19.4. The van der Waals surface area contributed by atoms with Crippen molar-refractivity contribution in [2.45, 2.75) is 25.3 Å². The van der Waals surface area contributed by atoms with E-state index in [2.05, 4.69) is 21.0 Å². The van der Waals surface area contributed by atoms with Crippen molar-refractivity contribution in [3.63, 3.8) is 0 Å². The van der Waals surface area contributed by atoms with Gasteiger partial charge in [-0.05, 0) is 35.4 Å². The van der Waals surface area contributed by atoms with Crippen LogP contribution in [0.5, 0.6) is 5.75 Å². The average Bonchev–Trinajstić information content (AvgIpc) is 3.12. The maximum atomic E-state index is 12.6. The molecule has 0 fully saturated rings. The van der Waals surface area contributed by atoms with Crippen molar-refractivity contribution in [3.05, 3.63) is 64.1 Å². The second kappa shape index (κ2) is 8.35. The van der Waals surface area contributed by atoms with Gasteiger partial charge >= 0.3 is 5.97 Å². The van der Waals surface area contributed by atoms with E-state index in [-0.39, 0.29) is 24.8 Å². The summed E-state index contributed by atoms with van der Waals surface area (Å²) in [7, 11) is 1.60. The van der Waals surface area contributed by atoms with Crippen LogP contribution in [0.2, 0.25) is 0 Å². The Morgan fingerprint density at radius 1 is 1.15 bits per heavy atom. The van der Waals surface area contributed by atoms with Gasteiger partial charge in [0.25, 0.3) is 0 Å². The number of methoxy groups -OCH3 is 1. The van der Waals surface area contributed by atoms with E-state index in [0.29, 0.717) is 6.42 Å². The molecule has 1 heterocycles. The summed E-state index contributed by atoms with van der Waals surface area (Å²) < 4.78 is 6.16. The van der Waals surface area contributed by atoms with E-state index in [1.807, 2.05) is 48.5 Å². The quantitative estimate of drug-likeness (QED) is 0.750. The molecule has 7 heteroatoms. The Bertz CT molecular complexity index is 863. The van der Waals surface area contributed by atoms with Crippen molar-refractivity contribution in [2.24, 2.45) is 5.10 Å². The lowest BCUT2D eigenvalue weighted by Crippen LogP contribution is -2.27. The predicted octanol–water partition coefficient (Wildman–Crippen LogP) is 4.00. The van der Waals surface area contributed by atoms with Crippen molar-refractivity contribution in [1.82, 2.24) is 5.01 Å². The summed E-state index contributed by atoms with van der Waals surface area (Å²) in [6.07, 6.45) is 0.264. The molecule has 1 N–H and O–H groups in total. The van der Waals surface area contributed by atoms with Gasteiger partial charge in [-0.1, -0.05) is 40.2 Å². The third kappa shape index (κ3) is 4.54. The number of halogens is 1. The number of nitrogens with zero attached hydrogens (tertiary/aromatic N) is 2. The van der Waals surface area contributed by atoms with Gasteiger partial charge in [0.2, 0.25) is 5.91 Å². The SMILES string of the molecule is COc1ccc([C@H]2CC(c3ccc(Br)cc3)=NN2C(=O)CCC(=O)O)cc1. The number of aliphatic carboxylic acids is 1. The third-order valence-electron chi connectivity index (χ3n) is 4.40. The number of carboxylic acids is 1. The molecule has 2 aromatic carbocycles. The molecule has 1 atom stereocenters. The van der Waals surface area contributed by atoms with Crippen LogP contribution in [0.1, 0.15) is 36.4 Å². The van der Waals surface area contributed by atoms with Gasteiger partial charge in [0.1, 0.15) is 5.75 Å². The van der Waals surface area contributed by atoms with Crippen LogP contribution >= 0.6 is 15.9 Å². The summed E-state index contributed by atoms with van der Waals surface area (Å²) in [4.78, 5) is 23.4. The van der Waals surface area contributed by atoms with Gasteiger partial charge in [-0.2, -0.15) is 5.10 Å². The molecular weight excluding hydrogens is 412 g/mol. The lowest BCUT2D eigenvalue weighted by molar-refractivity contribution is -0.141. The Kier molecular flexibility index (Phi) is 5.91. The highest BCUT2D eigenvalue weighted by Gasteiger charge is 2.33. The molecule has 0 radical (unpaired) electrons. The normalized spacial score (nSPS) is 16.1. The van der Waals surface area contributed by atoms with E-state index >= 15 is 0 Å². The first-order valence-electron chi connectivity index (χ1n) is 8.49. The van der Waals surface area contributed by atoms with Crippen LogP contribution in [0.3, 0.4) is 0 Å². The van der Waals surface area contributed by atoms with E-state index in [9.17, 15) is 9.59 Å². The summed E-state index contributed by atoms with van der Waals surface area (Å²) in [6.45, 7) is 0. The van der Waals surface area contributed by atoms with Crippen molar-refractivity contribution in [2.75, 3.05) is 7.11 Å². The molecule has 1 amide bonds. The molecule has 0 aromatic heterocycles. The minimum absolute atomic E-state index is 0.0842. The number of hydrogen-bond acceptors (Lipinski definition) is 4. The topological polar surface area (TPSA) is 79.2 Å². The first-order valence-corrected chi connectivity index (χ1v) is 9.28. The van der Waals surface area contributed by atoms with E-state index < -0.39 is 5.97 Å². The minimum Gasteiger partial charge on any atom is -0.497 e. The minimum atomic E-state index is -0.999. The van der Waals surface area contributed by atoms with Crippen molar-refractivity contribution >= 4 is 33.5 Å². The number of amides is 1. The van der Waals surface area contributed by atoms with Crippen LogP contribution < -0.4 is 4.74 Å². The van der Waals surface area contributed by atoms with Crippen molar-refractivity contribution in [1.29, 1.82) is 0 Å². The fraction of sp³-hybridized carbons (Fsp3) is 0.250. The molecule has 0 bridgehead atoms. The molecule has 6 nitrogen and oxygen atoms in total. The van der Waals surface area contributed by atoms with Crippen LogP contribution in [0.15, 0.2) is 58.1 Å². The summed E-state index contributed by atoms with van der Waals surface area (Å²) in [5, 5.41) is 14.8. The van der Waals surface area contributed by atoms with Crippen LogP contribution in [0.25, 0.3) is 0 Å². The Labute approximate surface area is 165 Å². The Balaban J connectivity index is 1.89. The first kappa shape index (κ1) is 19.1. The number of benzene rings is 2. The fourth-order valence-electron chi connectivity index (χ4n) is 2.97. The highest BCUT2D eigenvalue weighted by Crippen LogP contribution is 2.34. The third-order valence-corrected chi connectivity index (χ3v) is 4.93. The van der Waals surface area contributed by atoms with Crippen LogP contribution in [0, 0.1) is 0 Å². The van der Waals surface area contributed by atoms with E-state index in [1.165, 1.54) is 5.01 Å². The molecule has 0 spiro atoms. The zero-order valence-corrected chi connectivity index (χ0v) is 16.3. The number of carbonyl (C=O) groups excluding carboxylic acids is 1. The lowest BCUT2D eigenvalue weighted by atomic mass is 9.98. The predicted molar refractivity (Wildman–Crippen MR) is 105 cm³/mol. The number of carboxylic acid groups (broad SMARTS) is 1. The highest BCUT2D eigenvalue weighted by molar-refractivity contribution is 9.10. The Morgan fingerprint density at radius 3 is 2.41 bits per heavy atom. The van der Waals surface area contributed by atoms with Gasteiger partial charge in [0, 0.05) is 17.3 Å². The molecule has 1 aliphatic heterocycles. The number of ether oxygens (including phenoxy) is 1. The Hall–Kier alpha value is -2.67. The van der Waals surface area contributed by atoms with Gasteiger partial charge < -0.3 is 9.84 Å². The largest absolute Gasteiger partial charge is 0.497 e. The molecule has 1 aliphatic rings. The van der Waals surface area contributed by atoms with Gasteiger partial charge in [0.05, 0.1) is 25.3 Å². The number of carbonyl (C=O) groups is 2. The molecule has 0 saturated heterocycles. The monoisotopic (exact) mass is 430 g/mol. The summed E-state index contributed by atoms with van der Waals surface area (Å²) in [5.41, 5.74) is 2.66. The van der Waals surface area contributed by atoms with Gasteiger partial charge in [-0.3, -0.25) is 9.59 Å². The van der Waals surface area contributed by atoms with E-state index in [4.69, 9.17) is 9.84 Å². The van der Waals surface area contributed by atoms with Crippen molar-refractivity contribution < 1.29 is 19.4 Å². The van der Waals surface area contributed by atoms with Gasteiger partial charge in [0.15, 0.2) is 0 Å². The maximum absolute atomic E-state index is 12.6.